The summed E-state index contributed by atoms with van der Waals surface area (Å²) in [6, 6.07) is 5.12. The number of rotatable bonds is 6. The van der Waals surface area contributed by atoms with Gasteiger partial charge in [0, 0.05) is 26.7 Å². The summed E-state index contributed by atoms with van der Waals surface area (Å²) >= 11 is 0. The van der Waals surface area contributed by atoms with Crippen molar-refractivity contribution >= 4 is 11.9 Å². The van der Waals surface area contributed by atoms with Crippen molar-refractivity contribution in [3.05, 3.63) is 34.9 Å². The first kappa shape index (κ1) is 15.5. The summed E-state index contributed by atoms with van der Waals surface area (Å²) in [7, 11) is 1.62. The summed E-state index contributed by atoms with van der Waals surface area (Å²) < 4.78 is 4.91. The van der Waals surface area contributed by atoms with Gasteiger partial charge in [-0.3, -0.25) is 4.79 Å². The second-order valence-electron chi connectivity index (χ2n) is 5.02. The zero-order valence-electron chi connectivity index (χ0n) is 12.1. The van der Waals surface area contributed by atoms with Crippen molar-refractivity contribution in [1.29, 1.82) is 0 Å². The van der Waals surface area contributed by atoms with Gasteiger partial charge in [-0.2, -0.15) is 0 Å². The number of carbonyl (C=O) groups excluding carboxylic acids is 1. The minimum atomic E-state index is -0.942. The lowest BCUT2D eigenvalue weighted by Gasteiger charge is -2.29. The number of amides is 1. The maximum atomic E-state index is 12.1. The van der Waals surface area contributed by atoms with E-state index in [2.05, 4.69) is 5.32 Å². The molecule has 114 valence electrons. The second-order valence-corrected chi connectivity index (χ2v) is 5.02. The standard InChI is InChI=1S/C15H20N2O4/c1-21-7-5-16-9-14(18)17-6-4-11-2-3-12(15(19)20)8-13(11)10-17/h2-3,8,16H,4-7,9-10H2,1H3,(H,19,20). The predicted molar refractivity (Wildman–Crippen MR) is 77.3 cm³/mol. The van der Waals surface area contributed by atoms with E-state index in [0.29, 0.717) is 26.2 Å². The van der Waals surface area contributed by atoms with Crippen molar-refractivity contribution in [3.63, 3.8) is 0 Å². The lowest BCUT2D eigenvalue weighted by Crippen LogP contribution is -2.41. The van der Waals surface area contributed by atoms with E-state index in [0.717, 1.165) is 17.5 Å². The Morgan fingerprint density at radius 3 is 2.90 bits per heavy atom. The van der Waals surface area contributed by atoms with Crippen LogP contribution in [0.4, 0.5) is 0 Å². The molecule has 1 heterocycles. The number of fused-ring (bicyclic) bond motifs is 1. The van der Waals surface area contributed by atoms with Gasteiger partial charge < -0.3 is 20.1 Å². The number of methoxy groups -OCH3 is 1. The molecule has 1 aromatic rings. The Bertz CT molecular complexity index is 530. The van der Waals surface area contributed by atoms with Gasteiger partial charge in [-0.05, 0) is 29.7 Å². The molecule has 0 radical (unpaired) electrons. The van der Waals surface area contributed by atoms with Gasteiger partial charge in [0.1, 0.15) is 0 Å². The van der Waals surface area contributed by atoms with Gasteiger partial charge in [0.25, 0.3) is 0 Å². The molecule has 1 aliphatic heterocycles. The van der Waals surface area contributed by atoms with Crippen LogP contribution < -0.4 is 5.32 Å². The maximum absolute atomic E-state index is 12.1. The lowest BCUT2D eigenvalue weighted by molar-refractivity contribution is -0.131. The summed E-state index contributed by atoms with van der Waals surface area (Å²) in [6.07, 6.45) is 0.763. The highest BCUT2D eigenvalue weighted by molar-refractivity contribution is 5.88. The van der Waals surface area contributed by atoms with Crippen LogP contribution in [0.15, 0.2) is 18.2 Å². The molecule has 2 N–H and O–H groups in total. The molecule has 2 rings (SSSR count). The van der Waals surface area contributed by atoms with Gasteiger partial charge in [-0.1, -0.05) is 6.07 Å². The number of carbonyl (C=O) groups is 2. The van der Waals surface area contributed by atoms with Crippen molar-refractivity contribution in [3.8, 4) is 0 Å². The number of benzene rings is 1. The van der Waals surface area contributed by atoms with Crippen LogP contribution in [0.5, 0.6) is 0 Å². The Morgan fingerprint density at radius 2 is 2.19 bits per heavy atom. The van der Waals surface area contributed by atoms with Crippen LogP contribution in [0, 0.1) is 0 Å². The Labute approximate surface area is 123 Å². The highest BCUT2D eigenvalue weighted by atomic mass is 16.5. The van der Waals surface area contributed by atoms with Crippen LogP contribution >= 0.6 is 0 Å². The number of carboxylic acid groups (broad SMARTS) is 1. The number of aromatic carboxylic acids is 1. The highest BCUT2D eigenvalue weighted by Crippen LogP contribution is 2.20. The molecule has 0 bridgehead atoms. The third-order valence-electron chi connectivity index (χ3n) is 3.58. The van der Waals surface area contributed by atoms with Crippen LogP contribution in [0.3, 0.4) is 0 Å². The Morgan fingerprint density at radius 1 is 1.38 bits per heavy atom. The summed E-state index contributed by atoms with van der Waals surface area (Å²) in [5.41, 5.74) is 2.31. The normalized spacial score (nSPS) is 13.9. The molecule has 0 atom stereocenters. The molecule has 0 spiro atoms. The molecule has 0 unspecified atom stereocenters. The van der Waals surface area contributed by atoms with Crippen molar-refractivity contribution < 1.29 is 19.4 Å². The first-order valence-corrected chi connectivity index (χ1v) is 6.94. The minimum Gasteiger partial charge on any atom is -0.478 e. The van der Waals surface area contributed by atoms with Crippen molar-refractivity contribution in [2.45, 2.75) is 13.0 Å². The topological polar surface area (TPSA) is 78.9 Å². The molecular weight excluding hydrogens is 272 g/mol. The maximum Gasteiger partial charge on any atom is 0.335 e. The molecule has 1 aliphatic rings. The fourth-order valence-corrected chi connectivity index (χ4v) is 2.38. The third kappa shape index (κ3) is 4.03. The zero-order valence-corrected chi connectivity index (χ0v) is 12.1. The highest BCUT2D eigenvalue weighted by Gasteiger charge is 2.21. The van der Waals surface area contributed by atoms with Crippen LogP contribution in [-0.4, -0.2) is 55.2 Å². The predicted octanol–water partition coefficient (Wildman–Crippen LogP) is 0.506. The third-order valence-corrected chi connectivity index (χ3v) is 3.58. The molecule has 6 nitrogen and oxygen atoms in total. The summed E-state index contributed by atoms with van der Waals surface area (Å²) in [6.45, 7) is 2.62. The minimum absolute atomic E-state index is 0.0254. The molecular formula is C15H20N2O4. The average molecular weight is 292 g/mol. The largest absolute Gasteiger partial charge is 0.478 e. The fourth-order valence-electron chi connectivity index (χ4n) is 2.38. The lowest BCUT2D eigenvalue weighted by atomic mass is 9.97. The summed E-state index contributed by atoms with van der Waals surface area (Å²) in [4.78, 5) is 24.9. The number of hydrogen-bond acceptors (Lipinski definition) is 4. The molecule has 1 aromatic carbocycles. The number of nitrogens with zero attached hydrogens (tertiary/aromatic N) is 1. The first-order valence-electron chi connectivity index (χ1n) is 6.94. The molecule has 0 aromatic heterocycles. The van der Waals surface area contributed by atoms with Gasteiger partial charge in [-0.15, -0.1) is 0 Å². The quantitative estimate of drug-likeness (QED) is 0.747. The van der Waals surface area contributed by atoms with E-state index in [1.165, 1.54) is 0 Å². The van der Waals surface area contributed by atoms with E-state index in [1.807, 2.05) is 6.07 Å². The van der Waals surface area contributed by atoms with Crippen molar-refractivity contribution in [1.82, 2.24) is 10.2 Å². The Hall–Kier alpha value is -1.92. The van der Waals surface area contributed by atoms with Crippen LogP contribution in [0.1, 0.15) is 21.5 Å². The molecule has 6 heteroatoms. The van der Waals surface area contributed by atoms with Gasteiger partial charge in [0.05, 0.1) is 18.7 Å². The molecule has 1 amide bonds. The summed E-state index contributed by atoms with van der Waals surface area (Å²) in [5, 5.41) is 12.1. The van der Waals surface area contributed by atoms with Crippen molar-refractivity contribution in [2.24, 2.45) is 0 Å². The van der Waals surface area contributed by atoms with E-state index in [9.17, 15) is 9.59 Å². The average Bonchev–Trinajstić information content (AvgIpc) is 2.50. The Balaban J connectivity index is 1.96. The van der Waals surface area contributed by atoms with E-state index >= 15 is 0 Å². The fraction of sp³-hybridized carbons (Fsp3) is 0.467. The number of carboxylic acids is 1. The van der Waals surface area contributed by atoms with Gasteiger partial charge >= 0.3 is 5.97 Å². The van der Waals surface area contributed by atoms with E-state index in [4.69, 9.17) is 9.84 Å². The van der Waals surface area contributed by atoms with E-state index in [1.54, 1.807) is 24.1 Å². The van der Waals surface area contributed by atoms with Crippen LogP contribution in [-0.2, 0) is 22.5 Å². The van der Waals surface area contributed by atoms with Gasteiger partial charge in [-0.25, -0.2) is 4.79 Å². The monoisotopic (exact) mass is 292 g/mol. The number of hydrogen-bond donors (Lipinski definition) is 2. The van der Waals surface area contributed by atoms with E-state index in [-0.39, 0.29) is 18.0 Å². The zero-order chi connectivity index (χ0) is 15.2. The van der Waals surface area contributed by atoms with E-state index < -0.39 is 5.97 Å². The molecule has 0 saturated heterocycles. The van der Waals surface area contributed by atoms with Gasteiger partial charge in [0.2, 0.25) is 5.91 Å². The van der Waals surface area contributed by atoms with Gasteiger partial charge in [0.15, 0.2) is 0 Å². The smallest absolute Gasteiger partial charge is 0.335 e. The van der Waals surface area contributed by atoms with Crippen LogP contribution in [0.25, 0.3) is 0 Å². The van der Waals surface area contributed by atoms with Crippen LogP contribution in [0.2, 0.25) is 0 Å². The second kappa shape index (κ2) is 7.19. The summed E-state index contributed by atoms with van der Waals surface area (Å²) in [5.74, 6) is -0.917. The number of ether oxygens (including phenoxy) is 1. The Kier molecular flexibility index (Phi) is 5.30. The molecule has 0 saturated carbocycles. The molecule has 0 aliphatic carbocycles. The SMILES string of the molecule is COCCNCC(=O)N1CCc2ccc(C(=O)O)cc2C1. The molecule has 21 heavy (non-hydrogen) atoms. The molecule has 0 fully saturated rings. The van der Waals surface area contributed by atoms with Crippen molar-refractivity contribution in [2.75, 3.05) is 33.4 Å². The first-order chi connectivity index (χ1) is 10.1. The number of nitrogens with one attached hydrogen (secondary N) is 1.